The van der Waals surface area contributed by atoms with Crippen molar-refractivity contribution in [3.8, 4) is 28.7 Å². The number of nitrogens with one attached hydrogen (secondary N) is 1. The number of ether oxygens (including phenoxy) is 5. The van der Waals surface area contributed by atoms with Crippen LogP contribution in [0.5, 0.6) is 28.7 Å². The Balaban J connectivity index is 1.51. The number of carbonyl (C=O) groups excluding carboxylic acids is 1. The van der Waals surface area contributed by atoms with Crippen molar-refractivity contribution in [2.45, 2.75) is 18.9 Å². The lowest BCUT2D eigenvalue weighted by atomic mass is 9.87. The molecule has 0 fully saturated rings. The maximum absolute atomic E-state index is 12.6. The molecule has 1 N–H and O–H groups in total. The first-order valence-electron chi connectivity index (χ1n) is 10.1. The molecular weight excluding hydrogens is 414 g/mol. The third-order valence-corrected chi connectivity index (χ3v) is 5.75. The van der Waals surface area contributed by atoms with Gasteiger partial charge in [0, 0.05) is 17.9 Å². The zero-order chi connectivity index (χ0) is 22.2. The molecule has 9 nitrogen and oxygen atoms in total. The Morgan fingerprint density at radius 1 is 1.06 bits per heavy atom. The molecule has 5 rings (SSSR count). The van der Waals surface area contributed by atoms with Gasteiger partial charge in [0.1, 0.15) is 5.82 Å². The molecule has 2 aromatic carbocycles. The van der Waals surface area contributed by atoms with E-state index in [9.17, 15) is 4.79 Å². The number of amides is 1. The van der Waals surface area contributed by atoms with Gasteiger partial charge in [-0.3, -0.25) is 4.79 Å². The van der Waals surface area contributed by atoms with E-state index in [1.807, 2.05) is 30.3 Å². The van der Waals surface area contributed by atoms with Crippen LogP contribution in [0.1, 0.15) is 29.0 Å². The van der Waals surface area contributed by atoms with Gasteiger partial charge in [-0.25, -0.2) is 4.68 Å². The normalized spacial score (nSPS) is 16.3. The first-order chi connectivity index (χ1) is 15.6. The summed E-state index contributed by atoms with van der Waals surface area (Å²) in [5.41, 5.74) is 2.81. The lowest BCUT2D eigenvalue weighted by Crippen LogP contribution is -2.25. The Labute approximate surface area is 184 Å². The Bertz CT molecular complexity index is 1160. The molecule has 0 radical (unpaired) electrons. The molecular formula is C23H23N3O6. The first kappa shape index (κ1) is 20.0. The Morgan fingerprint density at radius 2 is 1.81 bits per heavy atom. The highest BCUT2D eigenvalue weighted by atomic mass is 16.7. The predicted molar refractivity (Wildman–Crippen MR) is 115 cm³/mol. The number of fused-ring (bicyclic) bond motifs is 2. The highest BCUT2D eigenvalue weighted by Gasteiger charge is 2.31. The van der Waals surface area contributed by atoms with Gasteiger partial charge in [-0.15, -0.1) is 0 Å². The molecule has 3 aromatic rings. The van der Waals surface area contributed by atoms with Gasteiger partial charge in [-0.1, -0.05) is 6.07 Å². The number of nitrogens with zero attached hydrogens (tertiary/aromatic N) is 2. The van der Waals surface area contributed by atoms with Crippen LogP contribution in [-0.2, 0) is 11.3 Å². The molecule has 1 aromatic heterocycles. The monoisotopic (exact) mass is 437 g/mol. The fourth-order valence-corrected chi connectivity index (χ4v) is 4.20. The third kappa shape index (κ3) is 3.35. The molecule has 1 amide bonds. The van der Waals surface area contributed by atoms with Crippen LogP contribution in [-0.4, -0.2) is 43.8 Å². The summed E-state index contributed by atoms with van der Waals surface area (Å²) in [6.07, 6.45) is 2.09. The van der Waals surface area contributed by atoms with E-state index in [4.69, 9.17) is 23.7 Å². The molecule has 2 aliphatic heterocycles. The SMILES string of the molecule is COc1cc([C@H]2CC(=O)Nc3c2cnn3Cc2ccc3c(c2)OCO3)cc(OC)c1OC. The van der Waals surface area contributed by atoms with E-state index < -0.39 is 0 Å². The van der Waals surface area contributed by atoms with Gasteiger partial charge in [0.25, 0.3) is 0 Å². The zero-order valence-electron chi connectivity index (χ0n) is 18.0. The number of rotatable bonds is 6. The van der Waals surface area contributed by atoms with Crippen LogP contribution in [0.25, 0.3) is 0 Å². The molecule has 0 unspecified atom stereocenters. The minimum atomic E-state index is -0.196. The van der Waals surface area contributed by atoms with Crippen molar-refractivity contribution < 1.29 is 28.5 Å². The van der Waals surface area contributed by atoms with Crippen LogP contribution < -0.4 is 29.0 Å². The average molecular weight is 437 g/mol. The van der Waals surface area contributed by atoms with Crippen molar-refractivity contribution in [1.29, 1.82) is 0 Å². The van der Waals surface area contributed by atoms with Crippen LogP contribution in [0.3, 0.4) is 0 Å². The number of carbonyl (C=O) groups is 1. The average Bonchev–Trinajstić information content (AvgIpc) is 3.44. The largest absolute Gasteiger partial charge is 0.493 e. The van der Waals surface area contributed by atoms with E-state index in [2.05, 4.69) is 10.4 Å². The molecule has 3 heterocycles. The molecule has 0 saturated heterocycles. The lowest BCUT2D eigenvalue weighted by molar-refractivity contribution is -0.116. The summed E-state index contributed by atoms with van der Waals surface area (Å²) in [4.78, 5) is 12.6. The van der Waals surface area contributed by atoms with E-state index >= 15 is 0 Å². The minimum Gasteiger partial charge on any atom is -0.493 e. The maximum atomic E-state index is 12.6. The Kier molecular flexibility index (Phi) is 5.01. The second-order valence-corrected chi connectivity index (χ2v) is 7.56. The van der Waals surface area contributed by atoms with Gasteiger partial charge >= 0.3 is 0 Å². The van der Waals surface area contributed by atoms with Gasteiger partial charge in [0.2, 0.25) is 18.4 Å². The molecule has 1 atom stereocenters. The van der Waals surface area contributed by atoms with Crippen LogP contribution >= 0.6 is 0 Å². The topological polar surface area (TPSA) is 93.1 Å². The van der Waals surface area contributed by atoms with Crippen molar-refractivity contribution >= 4 is 11.7 Å². The first-order valence-corrected chi connectivity index (χ1v) is 10.1. The minimum absolute atomic E-state index is 0.0799. The smallest absolute Gasteiger partial charge is 0.231 e. The predicted octanol–water partition coefficient (Wildman–Crippen LogP) is 3.16. The lowest BCUT2D eigenvalue weighted by Gasteiger charge is -2.25. The summed E-state index contributed by atoms with van der Waals surface area (Å²) >= 11 is 0. The van der Waals surface area contributed by atoms with Gasteiger partial charge in [-0.2, -0.15) is 5.10 Å². The number of methoxy groups -OCH3 is 3. The van der Waals surface area contributed by atoms with Crippen molar-refractivity contribution in [3.63, 3.8) is 0 Å². The molecule has 9 heteroatoms. The molecule has 0 saturated carbocycles. The van der Waals surface area contributed by atoms with E-state index in [-0.39, 0.29) is 18.6 Å². The zero-order valence-corrected chi connectivity index (χ0v) is 18.0. The van der Waals surface area contributed by atoms with Gasteiger partial charge < -0.3 is 29.0 Å². The van der Waals surface area contributed by atoms with Crippen LogP contribution in [0.4, 0.5) is 5.82 Å². The highest BCUT2D eigenvalue weighted by Crippen LogP contribution is 2.44. The molecule has 2 aliphatic rings. The number of anilines is 1. The Hall–Kier alpha value is -3.88. The van der Waals surface area contributed by atoms with Crippen molar-refractivity contribution in [3.05, 3.63) is 53.2 Å². The quantitative estimate of drug-likeness (QED) is 0.633. The Morgan fingerprint density at radius 3 is 2.53 bits per heavy atom. The summed E-state index contributed by atoms with van der Waals surface area (Å²) in [6, 6.07) is 9.53. The van der Waals surface area contributed by atoms with Crippen LogP contribution in [0.2, 0.25) is 0 Å². The van der Waals surface area contributed by atoms with Crippen molar-refractivity contribution in [2.24, 2.45) is 0 Å². The molecule has 0 aliphatic carbocycles. The summed E-state index contributed by atoms with van der Waals surface area (Å²) in [5, 5.41) is 7.54. The molecule has 32 heavy (non-hydrogen) atoms. The molecule has 0 bridgehead atoms. The molecule has 0 spiro atoms. The summed E-state index contributed by atoms with van der Waals surface area (Å²) in [7, 11) is 4.71. The second kappa shape index (κ2) is 7.99. The molecule has 166 valence electrons. The van der Waals surface area contributed by atoms with E-state index in [0.29, 0.717) is 41.8 Å². The van der Waals surface area contributed by atoms with Gasteiger partial charge in [0.15, 0.2) is 23.0 Å². The number of benzene rings is 2. The fourth-order valence-electron chi connectivity index (χ4n) is 4.20. The van der Waals surface area contributed by atoms with Gasteiger partial charge in [-0.05, 0) is 35.4 Å². The second-order valence-electron chi connectivity index (χ2n) is 7.56. The fraction of sp³-hybridized carbons (Fsp3) is 0.304. The van der Waals surface area contributed by atoms with E-state index in [1.54, 1.807) is 32.2 Å². The summed E-state index contributed by atoms with van der Waals surface area (Å²) in [5.74, 6) is 3.44. The van der Waals surface area contributed by atoms with E-state index in [1.165, 1.54) is 0 Å². The summed E-state index contributed by atoms with van der Waals surface area (Å²) < 4.78 is 29.1. The van der Waals surface area contributed by atoms with E-state index in [0.717, 1.165) is 22.4 Å². The van der Waals surface area contributed by atoms with Gasteiger partial charge in [0.05, 0.1) is 34.1 Å². The van der Waals surface area contributed by atoms with Crippen LogP contribution in [0, 0.1) is 0 Å². The highest BCUT2D eigenvalue weighted by molar-refractivity contribution is 5.94. The number of aromatic nitrogens is 2. The third-order valence-electron chi connectivity index (χ3n) is 5.75. The van der Waals surface area contributed by atoms with Crippen LogP contribution in [0.15, 0.2) is 36.5 Å². The summed E-state index contributed by atoms with van der Waals surface area (Å²) in [6.45, 7) is 0.705. The standard InChI is InChI=1S/C23H23N3O6/c1-28-19-7-14(8-20(29-2)22(19)30-3)15-9-21(27)25-23-16(15)10-24-26(23)11-13-4-5-17-18(6-13)32-12-31-17/h4-8,10,15H,9,11-12H2,1-3H3,(H,25,27)/t15-/m1/s1. The maximum Gasteiger partial charge on any atom is 0.231 e. The van der Waals surface area contributed by atoms with Crippen molar-refractivity contribution in [2.75, 3.05) is 33.4 Å². The number of hydrogen-bond donors (Lipinski definition) is 1. The number of hydrogen-bond acceptors (Lipinski definition) is 7. The van der Waals surface area contributed by atoms with Crippen molar-refractivity contribution in [1.82, 2.24) is 9.78 Å².